The van der Waals surface area contributed by atoms with E-state index in [4.69, 9.17) is 5.73 Å². The number of hydrogen-bond donors (Lipinski definition) is 2. The van der Waals surface area contributed by atoms with Gasteiger partial charge in [0.05, 0.1) is 17.2 Å². The van der Waals surface area contributed by atoms with Gasteiger partial charge in [0.15, 0.2) is 0 Å². The molecule has 1 atom stereocenters. The van der Waals surface area contributed by atoms with Crippen molar-refractivity contribution in [2.45, 2.75) is 18.9 Å². The molecule has 0 spiro atoms. The van der Waals surface area contributed by atoms with Gasteiger partial charge in [-0.25, -0.2) is 4.98 Å². The predicted octanol–water partition coefficient (Wildman–Crippen LogP) is 1.29. The molecule has 0 radical (unpaired) electrons. The van der Waals surface area contributed by atoms with Crippen molar-refractivity contribution >= 4 is 22.6 Å². The highest BCUT2D eigenvalue weighted by molar-refractivity contribution is 6.06. The van der Waals surface area contributed by atoms with Crippen molar-refractivity contribution in [3.63, 3.8) is 0 Å². The second-order valence-corrected chi connectivity index (χ2v) is 5.15. The third-order valence-electron chi connectivity index (χ3n) is 3.69. The number of nitrogens with two attached hydrogens (primary N) is 1. The van der Waals surface area contributed by atoms with Crippen LogP contribution in [0.1, 0.15) is 23.2 Å². The van der Waals surface area contributed by atoms with Crippen LogP contribution in [-0.2, 0) is 0 Å². The molecule has 1 aromatic carbocycles. The average Bonchev–Trinajstić information content (AvgIpc) is 2.46. The molecule has 1 aliphatic rings. The monoisotopic (exact) mass is 271 g/mol. The van der Waals surface area contributed by atoms with E-state index >= 15 is 0 Å². The van der Waals surface area contributed by atoms with Gasteiger partial charge in [0, 0.05) is 18.5 Å². The van der Waals surface area contributed by atoms with Crippen molar-refractivity contribution in [1.29, 1.82) is 0 Å². The van der Waals surface area contributed by atoms with Crippen LogP contribution >= 0.6 is 0 Å². The molecule has 104 valence electrons. The molecule has 2 heterocycles. The van der Waals surface area contributed by atoms with Crippen molar-refractivity contribution in [2.75, 3.05) is 18.0 Å². The fourth-order valence-electron chi connectivity index (χ4n) is 2.69. The van der Waals surface area contributed by atoms with E-state index in [-0.39, 0.29) is 6.10 Å². The maximum atomic E-state index is 11.6. The lowest BCUT2D eigenvalue weighted by Gasteiger charge is -2.31. The Morgan fingerprint density at radius 3 is 2.95 bits per heavy atom. The molecule has 1 amide bonds. The Hall–Kier alpha value is -2.14. The molecule has 0 bridgehead atoms. The summed E-state index contributed by atoms with van der Waals surface area (Å²) < 4.78 is 0. The molecular weight excluding hydrogens is 254 g/mol. The van der Waals surface area contributed by atoms with Gasteiger partial charge in [0.2, 0.25) is 5.91 Å². The minimum Gasteiger partial charge on any atom is -0.391 e. The third-order valence-corrected chi connectivity index (χ3v) is 3.69. The fourth-order valence-corrected chi connectivity index (χ4v) is 2.69. The number of fused-ring (bicyclic) bond motifs is 1. The number of hydrogen-bond acceptors (Lipinski definition) is 4. The lowest BCUT2D eigenvalue weighted by molar-refractivity contribution is 0.100. The zero-order chi connectivity index (χ0) is 14.1. The summed E-state index contributed by atoms with van der Waals surface area (Å²) in [6.07, 6.45) is 1.39. The number of carbonyl (C=O) groups is 1. The van der Waals surface area contributed by atoms with Crippen LogP contribution in [0.5, 0.6) is 0 Å². The van der Waals surface area contributed by atoms with Crippen molar-refractivity contribution in [2.24, 2.45) is 5.73 Å². The number of aliphatic hydroxyl groups is 1. The van der Waals surface area contributed by atoms with E-state index in [0.29, 0.717) is 17.9 Å². The maximum Gasteiger partial charge on any atom is 0.249 e. The van der Waals surface area contributed by atoms with Crippen LogP contribution in [-0.4, -0.2) is 35.2 Å². The Bertz CT molecular complexity index is 657. The SMILES string of the molecule is NC(=O)c1cc(N2CCCC(O)C2)nc2ccccc12. The number of piperidine rings is 1. The number of carbonyl (C=O) groups excluding carboxylic acids is 1. The smallest absolute Gasteiger partial charge is 0.249 e. The van der Waals surface area contributed by atoms with Gasteiger partial charge in [-0.1, -0.05) is 18.2 Å². The summed E-state index contributed by atoms with van der Waals surface area (Å²) in [6.45, 7) is 1.38. The van der Waals surface area contributed by atoms with E-state index in [1.807, 2.05) is 29.2 Å². The number of rotatable bonds is 2. The molecule has 5 nitrogen and oxygen atoms in total. The Kier molecular flexibility index (Phi) is 3.28. The normalized spacial score (nSPS) is 19.2. The number of β-amino-alcohol motifs (C(OH)–C–C–N with tert-alkyl or cyclic N) is 1. The lowest BCUT2D eigenvalue weighted by atomic mass is 10.1. The minimum atomic E-state index is -0.456. The summed E-state index contributed by atoms with van der Waals surface area (Å²) in [7, 11) is 0. The lowest BCUT2D eigenvalue weighted by Crippen LogP contribution is -2.38. The fraction of sp³-hybridized carbons (Fsp3) is 0.333. The summed E-state index contributed by atoms with van der Waals surface area (Å²) in [5.41, 5.74) is 6.70. The highest BCUT2D eigenvalue weighted by Crippen LogP contribution is 2.25. The van der Waals surface area contributed by atoms with Crippen molar-refractivity contribution in [3.05, 3.63) is 35.9 Å². The van der Waals surface area contributed by atoms with E-state index in [9.17, 15) is 9.90 Å². The molecular formula is C15H17N3O2. The van der Waals surface area contributed by atoms with E-state index in [1.165, 1.54) is 0 Å². The molecule has 2 aromatic rings. The van der Waals surface area contributed by atoms with Crippen molar-refractivity contribution < 1.29 is 9.90 Å². The van der Waals surface area contributed by atoms with E-state index in [0.717, 1.165) is 30.3 Å². The van der Waals surface area contributed by atoms with Crippen molar-refractivity contribution in [1.82, 2.24) is 4.98 Å². The average molecular weight is 271 g/mol. The Morgan fingerprint density at radius 2 is 2.20 bits per heavy atom. The topological polar surface area (TPSA) is 79.5 Å². The second-order valence-electron chi connectivity index (χ2n) is 5.15. The number of pyridine rings is 1. The number of primary amides is 1. The van der Waals surface area contributed by atoms with Gasteiger partial charge in [-0.05, 0) is 25.0 Å². The Morgan fingerprint density at radius 1 is 1.40 bits per heavy atom. The van der Waals surface area contributed by atoms with Gasteiger partial charge in [-0.15, -0.1) is 0 Å². The molecule has 1 aromatic heterocycles. The van der Waals surface area contributed by atoms with Crippen LogP contribution in [0.2, 0.25) is 0 Å². The number of aromatic nitrogens is 1. The summed E-state index contributed by atoms with van der Waals surface area (Å²) in [5.74, 6) is 0.249. The van der Waals surface area contributed by atoms with Gasteiger partial charge < -0.3 is 15.7 Å². The highest BCUT2D eigenvalue weighted by Gasteiger charge is 2.20. The number of amides is 1. The summed E-state index contributed by atoms with van der Waals surface area (Å²) in [5, 5.41) is 10.5. The minimum absolute atomic E-state index is 0.339. The first kappa shape index (κ1) is 12.9. The van der Waals surface area contributed by atoms with Gasteiger partial charge >= 0.3 is 0 Å². The van der Waals surface area contributed by atoms with Gasteiger partial charge in [-0.2, -0.15) is 0 Å². The molecule has 1 saturated heterocycles. The molecule has 3 N–H and O–H groups in total. The van der Waals surface area contributed by atoms with Crippen LogP contribution in [0.4, 0.5) is 5.82 Å². The van der Waals surface area contributed by atoms with E-state index < -0.39 is 5.91 Å². The molecule has 20 heavy (non-hydrogen) atoms. The summed E-state index contributed by atoms with van der Waals surface area (Å²) >= 11 is 0. The number of para-hydroxylation sites is 1. The van der Waals surface area contributed by atoms with Crippen molar-refractivity contribution in [3.8, 4) is 0 Å². The number of aliphatic hydroxyl groups excluding tert-OH is 1. The summed E-state index contributed by atoms with van der Waals surface area (Å²) in [6, 6.07) is 9.18. The van der Waals surface area contributed by atoms with Crippen LogP contribution in [0.25, 0.3) is 10.9 Å². The standard InChI is InChI=1S/C15H17N3O2/c16-15(20)12-8-14(18-7-3-4-10(19)9-18)17-13-6-2-1-5-11(12)13/h1-2,5-6,8,10,19H,3-4,7,9H2,(H2,16,20). The van der Waals surface area contributed by atoms with E-state index in [1.54, 1.807) is 6.07 Å². The third kappa shape index (κ3) is 2.32. The first-order valence-corrected chi connectivity index (χ1v) is 6.78. The molecule has 3 rings (SSSR count). The first-order valence-electron chi connectivity index (χ1n) is 6.78. The Balaban J connectivity index is 2.09. The largest absolute Gasteiger partial charge is 0.391 e. The number of benzene rings is 1. The first-order chi connectivity index (χ1) is 9.65. The van der Waals surface area contributed by atoms with Crippen LogP contribution < -0.4 is 10.6 Å². The van der Waals surface area contributed by atoms with Gasteiger partial charge in [0.1, 0.15) is 5.82 Å². The molecule has 5 heteroatoms. The summed E-state index contributed by atoms with van der Waals surface area (Å²) in [4.78, 5) is 18.2. The quantitative estimate of drug-likeness (QED) is 0.862. The number of nitrogens with zero attached hydrogens (tertiary/aromatic N) is 2. The molecule has 1 fully saturated rings. The highest BCUT2D eigenvalue weighted by atomic mass is 16.3. The molecule has 0 saturated carbocycles. The molecule has 0 aliphatic carbocycles. The van der Waals surface area contributed by atoms with Crippen LogP contribution in [0, 0.1) is 0 Å². The predicted molar refractivity (Wildman–Crippen MR) is 77.7 cm³/mol. The van der Waals surface area contributed by atoms with E-state index in [2.05, 4.69) is 4.98 Å². The second kappa shape index (κ2) is 5.09. The maximum absolute atomic E-state index is 11.6. The van der Waals surface area contributed by atoms with Gasteiger partial charge in [0.25, 0.3) is 0 Å². The molecule has 1 aliphatic heterocycles. The zero-order valence-electron chi connectivity index (χ0n) is 11.1. The van der Waals surface area contributed by atoms with Gasteiger partial charge in [-0.3, -0.25) is 4.79 Å². The zero-order valence-corrected chi connectivity index (χ0v) is 11.1. The van der Waals surface area contributed by atoms with Crippen LogP contribution in [0.3, 0.4) is 0 Å². The number of anilines is 1. The molecule has 1 unspecified atom stereocenters. The Labute approximate surface area is 117 Å². The van der Waals surface area contributed by atoms with Crippen LogP contribution in [0.15, 0.2) is 30.3 Å².